The van der Waals surface area contributed by atoms with E-state index >= 15 is 0 Å². The standard InChI is InChI=1S/C33H30ClN5O/c1-22-17-32(35-29-9-5-3-7-25(22)29)38-15-13-37(14-16-38)21-39-31-19-24(34)11-12-27(31)28(33(39)40)18-23-20-36(2)30-10-6-4-8-26(23)30/h3-12,17-20H,13-16,21H2,1-2H3/b28-18-. The molecule has 4 heterocycles. The third-order valence-electron chi connectivity index (χ3n) is 8.19. The molecule has 0 spiro atoms. The van der Waals surface area contributed by atoms with Gasteiger partial charge in [-0.3, -0.25) is 14.6 Å². The van der Waals surface area contributed by atoms with Crippen LogP contribution >= 0.6 is 11.6 Å². The average Bonchev–Trinajstić information content (AvgIpc) is 3.42. The van der Waals surface area contributed by atoms with Gasteiger partial charge in [-0.25, -0.2) is 4.98 Å². The van der Waals surface area contributed by atoms with E-state index in [9.17, 15) is 4.79 Å². The molecule has 7 rings (SSSR count). The van der Waals surface area contributed by atoms with Gasteiger partial charge < -0.3 is 9.47 Å². The third-order valence-corrected chi connectivity index (χ3v) is 8.43. The van der Waals surface area contributed by atoms with Gasteiger partial charge in [-0.15, -0.1) is 0 Å². The van der Waals surface area contributed by atoms with Crippen LogP contribution in [0.25, 0.3) is 33.5 Å². The molecule has 6 nitrogen and oxygen atoms in total. The van der Waals surface area contributed by atoms with Crippen LogP contribution in [-0.2, 0) is 11.8 Å². The summed E-state index contributed by atoms with van der Waals surface area (Å²) in [6.07, 6.45) is 4.12. The zero-order valence-corrected chi connectivity index (χ0v) is 23.4. The lowest BCUT2D eigenvalue weighted by Crippen LogP contribution is -2.51. The second kappa shape index (κ2) is 9.81. The molecule has 200 valence electrons. The Morgan fingerprint density at radius 3 is 2.50 bits per heavy atom. The van der Waals surface area contributed by atoms with E-state index < -0.39 is 0 Å². The minimum Gasteiger partial charge on any atom is -0.354 e. The number of carbonyl (C=O) groups excluding carboxylic acids is 1. The maximum Gasteiger partial charge on any atom is 0.260 e. The van der Waals surface area contributed by atoms with Crippen molar-refractivity contribution in [3.63, 3.8) is 0 Å². The Balaban J connectivity index is 1.13. The summed E-state index contributed by atoms with van der Waals surface area (Å²) >= 11 is 6.42. The van der Waals surface area contributed by atoms with Gasteiger partial charge in [0.05, 0.1) is 17.9 Å². The number of aryl methyl sites for hydroxylation is 2. The van der Waals surface area contributed by atoms with Gasteiger partial charge in [-0.2, -0.15) is 0 Å². The highest BCUT2D eigenvalue weighted by molar-refractivity contribution is 6.37. The van der Waals surface area contributed by atoms with Gasteiger partial charge in [-0.1, -0.05) is 54.1 Å². The highest BCUT2D eigenvalue weighted by Crippen LogP contribution is 2.40. The van der Waals surface area contributed by atoms with Crippen LogP contribution in [0.3, 0.4) is 0 Å². The molecule has 1 saturated heterocycles. The van der Waals surface area contributed by atoms with E-state index in [0.717, 1.165) is 65.2 Å². The molecular weight excluding hydrogens is 518 g/mol. The number of fused-ring (bicyclic) bond motifs is 3. The number of benzene rings is 3. The average molecular weight is 548 g/mol. The zero-order valence-electron chi connectivity index (χ0n) is 22.6. The van der Waals surface area contributed by atoms with E-state index in [1.165, 1.54) is 10.9 Å². The predicted molar refractivity (Wildman–Crippen MR) is 165 cm³/mol. The molecule has 0 unspecified atom stereocenters. The number of aromatic nitrogens is 2. The van der Waals surface area contributed by atoms with Crippen molar-refractivity contribution in [3.8, 4) is 0 Å². The Morgan fingerprint density at radius 1 is 0.925 bits per heavy atom. The number of para-hydroxylation sites is 2. The molecule has 2 aliphatic rings. The number of pyridine rings is 1. The molecule has 0 aliphatic carbocycles. The van der Waals surface area contributed by atoms with Crippen LogP contribution < -0.4 is 9.80 Å². The second-order valence-electron chi connectivity index (χ2n) is 10.7. The van der Waals surface area contributed by atoms with Gasteiger partial charge in [-0.05, 0) is 48.9 Å². The fourth-order valence-corrected chi connectivity index (χ4v) is 6.23. The van der Waals surface area contributed by atoms with Crippen LogP contribution in [-0.4, -0.2) is 53.2 Å². The fraction of sp³-hybridized carbons (Fsp3) is 0.212. The molecule has 2 aromatic heterocycles. The summed E-state index contributed by atoms with van der Waals surface area (Å²) < 4.78 is 2.10. The Labute approximate surface area is 238 Å². The zero-order chi connectivity index (χ0) is 27.4. The summed E-state index contributed by atoms with van der Waals surface area (Å²) in [6, 6.07) is 24.5. The number of nitrogens with zero attached hydrogens (tertiary/aromatic N) is 5. The van der Waals surface area contributed by atoms with Crippen LogP contribution in [0.1, 0.15) is 16.7 Å². The number of amides is 1. The first-order valence-corrected chi connectivity index (χ1v) is 14.1. The summed E-state index contributed by atoms with van der Waals surface area (Å²) in [6.45, 7) is 6.07. The molecule has 0 saturated carbocycles. The molecule has 40 heavy (non-hydrogen) atoms. The summed E-state index contributed by atoms with van der Waals surface area (Å²) in [7, 11) is 2.04. The number of halogens is 1. The van der Waals surface area contributed by atoms with Gasteiger partial charge in [0.2, 0.25) is 0 Å². The lowest BCUT2D eigenvalue weighted by atomic mass is 10.0. The minimum atomic E-state index is 0.0134. The Hall–Kier alpha value is -4.13. The molecule has 0 bridgehead atoms. The van der Waals surface area contributed by atoms with E-state index in [0.29, 0.717) is 17.3 Å². The Kier molecular flexibility index (Phi) is 6.10. The highest BCUT2D eigenvalue weighted by atomic mass is 35.5. The third kappa shape index (κ3) is 4.24. The van der Waals surface area contributed by atoms with E-state index in [1.54, 1.807) is 0 Å². The van der Waals surface area contributed by atoms with Crippen molar-refractivity contribution in [2.75, 3.05) is 42.6 Å². The number of rotatable bonds is 4. The predicted octanol–water partition coefficient (Wildman–Crippen LogP) is 6.36. The van der Waals surface area contributed by atoms with Crippen LogP contribution in [0.4, 0.5) is 11.5 Å². The number of piperazine rings is 1. The lowest BCUT2D eigenvalue weighted by molar-refractivity contribution is -0.113. The molecular formula is C33H30ClN5O. The normalized spacial score (nSPS) is 17.0. The Morgan fingerprint density at radius 2 is 1.68 bits per heavy atom. The maximum atomic E-state index is 13.9. The lowest BCUT2D eigenvalue weighted by Gasteiger charge is -2.37. The van der Waals surface area contributed by atoms with Gasteiger partial charge in [0.25, 0.3) is 5.91 Å². The molecule has 5 aromatic rings. The van der Waals surface area contributed by atoms with Gasteiger partial charge in [0.15, 0.2) is 0 Å². The van der Waals surface area contributed by atoms with Crippen LogP contribution in [0, 0.1) is 6.92 Å². The molecule has 1 fully saturated rings. The first-order valence-electron chi connectivity index (χ1n) is 13.7. The van der Waals surface area contributed by atoms with Crippen LogP contribution in [0.2, 0.25) is 5.02 Å². The van der Waals surface area contributed by atoms with E-state index in [1.807, 2.05) is 54.4 Å². The van der Waals surface area contributed by atoms with Crippen LogP contribution in [0.5, 0.6) is 0 Å². The quantitative estimate of drug-likeness (QED) is 0.246. The van der Waals surface area contributed by atoms with Gasteiger partial charge in [0.1, 0.15) is 5.82 Å². The van der Waals surface area contributed by atoms with E-state index in [-0.39, 0.29) is 5.91 Å². The van der Waals surface area contributed by atoms with Crippen molar-refractivity contribution in [1.29, 1.82) is 0 Å². The van der Waals surface area contributed by atoms with Crippen molar-refractivity contribution in [2.24, 2.45) is 7.05 Å². The highest BCUT2D eigenvalue weighted by Gasteiger charge is 2.34. The molecule has 1 amide bonds. The SMILES string of the molecule is Cc1cc(N2CCN(CN3C(=O)/C(=C\c4cn(C)c5ccccc45)c4ccc(Cl)cc43)CC2)nc2ccccc12. The summed E-state index contributed by atoms with van der Waals surface area (Å²) in [5, 5.41) is 2.96. The number of carbonyl (C=O) groups is 1. The largest absolute Gasteiger partial charge is 0.354 e. The second-order valence-corrected chi connectivity index (χ2v) is 11.2. The smallest absolute Gasteiger partial charge is 0.260 e. The van der Waals surface area contributed by atoms with Gasteiger partial charge >= 0.3 is 0 Å². The first-order chi connectivity index (χ1) is 19.5. The van der Waals surface area contributed by atoms with Crippen molar-refractivity contribution >= 4 is 62.5 Å². The van der Waals surface area contributed by atoms with Crippen molar-refractivity contribution in [2.45, 2.75) is 6.92 Å². The molecule has 2 aliphatic heterocycles. The van der Waals surface area contributed by atoms with Gasteiger partial charge in [0, 0.05) is 77.4 Å². The maximum absolute atomic E-state index is 13.9. The topological polar surface area (TPSA) is 44.6 Å². The number of hydrogen-bond acceptors (Lipinski definition) is 4. The molecule has 0 radical (unpaired) electrons. The van der Waals surface area contributed by atoms with E-state index in [4.69, 9.17) is 16.6 Å². The van der Waals surface area contributed by atoms with Crippen molar-refractivity contribution in [1.82, 2.24) is 14.5 Å². The minimum absolute atomic E-state index is 0.0134. The molecule has 0 N–H and O–H groups in total. The summed E-state index contributed by atoms with van der Waals surface area (Å²) in [5.41, 5.74) is 6.96. The fourth-order valence-electron chi connectivity index (χ4n) is 6.06. The van der Waals surface area contributed by atoms with Crippen molar-refractivity contribution < 1.29 is 4.79 Å². The molecule has 3 aromatic carbocycles. The van der Waals surface area contributed by atoms with Crippen LogP contribution in [0.15, 0.2) is 79.0 Å². The first kappa shape index (κ1) is 24.9. The molecule has 7 heteroatoms. The van der Waals surface area contributed by atoms with E-state index in [2.05, 4.69) is 63.9 Å². The Bertz CT molecular complexity index is 1820. The summed E-state index contributed by atoms with van der Waals surface area (Å²) in [4.78, 5) is 25.4. The monoisotopic (exact) mass is 547 g/mol. The molecule has 0 atom stereocenters. The number of hydrogen-bond donors (Lipinski definition) is 0. The van der Waals surface area contributed by atoms with Crippen molar-refractivity contribution in [3.05, 3.63) is 101 Å². The number of anilines is 2. The summed E-state index contributed by atoms with van der Waals surface area (Å²) in [5.74, 6) is 1.03.